The lowest BCUT2D eigenvalue weighted by molar-refractivity contribution is -0.384. The molecule has 0 spiro atoms. The van der Waals surface area contributed by atoms with Crippen molar-refractivity contribution in [3.05, 3.63) is 51.6 Å². The number of nitrogens with zero attached hydrogens (tertiary/aromatic N) is 3. The maximum absolute atomic E-state index is 10.9. The van der Waals surface area contributed by atoms with E-state index in [9.17, 15) is 10.1 Å². The number of imidazole rings is 1. The molecule has 1 heterocycles. The van der Waals surface area contributed by atoms with E-state index in [1.807, 2.05) is 17.8 Å². The van der Waals surface area contributed by atoms with Crippen molar-refractivity contribution in [3.63, 3.8) is 0 Å². The molecule has 0 saturated heterocycles. The normalized spacial score (nSPS) is 10.4. The molecule has 100 valence electrons. The van der Waals surface area contributed by atoms with Crippen LogP contribution < -0.4 is 5.32 Å². The van der Waals surface area contributed by atoms with Crippen molar-refractivity contribution in [2.45, 2.75) is 6.42 Å². The van der Waals surface area contributed by atoms with E-state index in [-0.39, 0.29) is 5.69 Å². The molecule has 0 radical (unpaired) electrons. The molecule has 0 atom stereocenters. The van der Waals surface area contributed by atoms with Gasteiger partial charge < -0.3 is 9.88 Å². The molecule has 1 aromatic heterocycles. The summed E-state index contributed by atoms with van der Waals surface area (Å²) in [6, 6.07) is 4.45. The van der Waals surface area contributed by atoms with Crippen molar-refractivity contribution < 1.29 is 4.92 Å². The van der Waals surface area contributed by atoms with Gasteiger partial charge in [-0.1, -0.05) is 11.6 Å². The summed E-state index contributed by atoms with van der Waals surface area (Å²) in [7, 11) is 1.91. The van der Waals surface area contributed by atoms with E-state index in [0.29, 0.717) is 23.7 Å². The van der Waals surface area contributed by atoms with Crippen LogP contribution in [-0.2, 0) is 13.5 Å². The van der Waals surface area contributed by atoms with Crippen LogP contribution in [-0.4, -0.2) is 21.0 Å². The number of anilines is 1. The Morgan fingerprint density at radius 3 is 2.95 bits per heavy atom. The zero-order chi connectivity index (χ0) is 13.8. The Hall–Kier alpha value is -2.08. The summed E-state index contributed by atoms with van der Waals surface area (Å²) >= 11 is 5.85. The number of halogens is 1. The van der Waals surface area contributed by atoms with Gasteiger partial charge in [0.1, 0.15) is 11.5 Å². The number of hydrogen-bond donors (Lipinski definition) is 1. The van der Waals surface area contributed by atoms with Crippen molar-refractivity contribution in [3.8, 4) is 0 Å². The summed E-state index contributed by atoms with van der Waals surface area (Å²) in [4.78, 5) is 14.6. The number of nitro benzene ring substituents is 1. The van der Waals surface area contributed by atoms with Gasteiger partial charge in [0.2, 0.25) is 0 Å². The monoisotopic (exact) mass is 280 g/mol. The second kappa shape index (κ2) is 5.71. The summed E-state index contributed by atoms with van der Waals surface area (Å²) in [5.74, 6) is 0.914. The second-order valence-electron chi connectivity index (χ2n) is 4.05. The van der Waals surface area contributed by atoms with E-state index in [2.05, 4.69) is 10.3 Å². The van der Waals surface area contributed by atoms with E-state index >= 15 is 0 Å². The lowest BCUT2D eigenvalue weighted by atomic mass is 10.2. The Morgan fingerprint density at radius 1 is 1.53 bits per heavy atom. The van der Waals surface area contributed by atoms with Crippen LogP contribution in [0.5, 0.6) is 0 Å². The van der Waals surface area contributed by atoms with Gasteiger partial charge in [-0.05, 0) is 12.1 Å². The summed E-state index contributed by atoms with van der Waals surface area (Å²) in [6.45, 7) is 0.548. The Balaban J connectivity index is 2.05. The Labute approximate surface area is 115 Å². The smallest absolute Gasteiger partial charge is 0.292 e. The average Bonchev–Trinajstić information content (AvgIpc) is 2.75. The minimum atomic E-state index is -0.431. The van der Waals surface area contributed by atoms with E-state index in [0.717, 1.165) is 5.82 Å². The number of nitro groups is 1. The predicted octanol–water partition coefficient (Wildman–Crippen LogP) is 2.64. The number of aromatic nitrogens is 2. The fourth-order valence-corrected chi connectivity index (χ4v) is 1.93. The number of nitrogens with one attached hydrogen (secondary N) is 1. The van der Waals surface area contributed by atoms with Gasteiger partial charge in [0, 0.05) is 43.5 Å². The number of rotatable bonds is 5. The maximum Gasteiger partial charge on any atom is 0.292 e. The first kappa shape index (κ1) is 13.4. The van der Waals surface area contributed by atoms with Crippen molar-refractivity contribution in [2.75, 3.05) is 11.9 Å². The van der Waals surface area contributed by atoms with Crippen LogP contribution in [0.15, 0.2) is 30.6 Å². The van der Waals surface area contributed by atoms with Crippen molar-refractivity contribution in [2.24, 2.45) is 7.05 Å². The van der Waals surface area contributed by atoms with Gasteiger partial charge in [-0.15, -0.1) is 0 Å². The highest BCUT2D eigenvalue weighted by Gasteiger charge is 2.13. The van der Waals surface area contributed by atoms with Gasteiger partial charge in [-0.2, -0.15) is 0 Å². The second-order valence-corrected chi connectivity index (χ2v) is 4.49. The Bertz CT molecular complexity index is 597. The zero-order valence-electron chi connectivity index (χ0n) is 10.3. The molecule has 0 aliphatic carbocycles. The van der Waals surface area contributed by atoms with Gasteiger partial charge in [0.05, 0.1) is 4.92 Å². The topological polar surface area (TPSA) is 73.0 Å². The lowest BCUT2D eigenvalue weighted by Gasteiger charge is -2.07. The molecular weight excluding hydrogens is 268 g/mol. The first-order valence-electron chi connectivity index (χ1n) is 5.72. The van der Waals surface area contributed by atoms with Crippen LogP contribution >= 0.6 is 11.6 Å². The SMILES string of the molecule is Cn1ccnc1CCNc1cc(Cl)ccc1[N+](=O)[O-]. The molecule has 0 bridgehead atoms. The Morgan fingerprint density at radius 2 is 2.32 bits per heavy atom. The van der Waals surface area contributed by atoms with E-state index in [1.54, 1.807) is 12.3 Å². The number of aryl methyl sites for hydroxylation is 1. The van der Waals surface area contributed by atoms with E-state index in [1.165, 1.54) is 12.1 Å². The standard InChI is InChI=1S/C12H13ClN4O2/c1-16-7-6-15-12(16)4-5-14-10-8-9(13)2-3-11(10)17(18)19/h2-3,6-8,14H,4-5H2,1H3. The molecule has 19 heavy (non-hydrogen) atoms. The van der Waals surface area contributed by atoms with Gasteiger partial charge >= 0.3 is 0 Å². The lowest BCUT2D eigenvalue weighted by Crippen LogP contribution is -2.09. The van der Waals surface area contributed by atoms with Crippen LogP contribution in [0.4, 0.5) is 11.4 Å². The molecule has 7 heteroatoms. The van der Waals surface area contributed by atoms with Gasteiger partial charge in [-0.25, -0.2) is 4.98 Å². The maximum atomic E-state index is 10.9. The minimum Gasteiger partial charge on any atom is -0.379 e. The summed E-state index contributed by atoms with van der Waals surface area (Å²) < 4.78 is 1.91. The molecule has 0 unspecified atom stereocenters. The highest BCUT2D eigenvalue weighted by Crippen LogP contribution is 2.27. The highest BCUT2D eigenvalue weighted by molar-refractivity contribution is 6.31. The van der Waals surface area contributed by atoms with Crippen molar-refractivity contribution in [1.82, 2.24) is 9.55 Å². The molecule has 2 rings (SSSR count). The summed E-state index contributed by atoms with van der Waals surface area (Å²) in [5, 5.41) is 14.4. The zero-order valence-corrected chi connectivity index (χ0v) is 11.1. The molecule has 1 N–H and O–H groups in total. The largest absolute Gasteiger partial charge is 0.379 e. The van der Waals surface area contributed by atoms with E-state index in [4.69, 9.17) is 11.6 Å². The fraction of sp³-hybridized carbons (Fsp3) is 0.250. The molecule has 0 aliphatic rings. The molecule has 0 saturated carbocycles. The van der Waals surface area contributed by atoms with Gasteiger partial charge in [-0.3, -0.25) is 10.1 Å². The van der Waals surface area contributed by atoms with Crippen LogP contribution in [0.3, 0.4) is 0 Å². The molecule has 0 amide bonds. The molecule has 2 aromatic rings. The summed E-state index contributed by atoms with van der Waals surface area (Å²) in [5.41, 5.74) is 0.441. The first-order valence-corrected chi connectivity index (χ1v) is 6.10. The van der Waals surface area contributed by atoms with Crippen LogP contribution in [0.1, 0.15) is 5.82 Å². The molecule has 6 nitrogen and oxygen atoms in total. The number of hydrogen-bond acceptors (Lipinski definition) is 4. The first-order chi connectivity index (χ1) is 9.08. The number of benzene rings is 1. The van der Waals surface area contributed by atoms with E-state index < -0.39 is 4.92 Å². The predicted molar refractivity (Wildman–Crippen MR) is 73.5 cm³/mol. The third-order valence-corrected chi connectivity index (χ3v) is 2.98. The molecular formula is C12H13ClN4O2. The molecule has 0 fully saturated rings. The third-order valence-electron chi connectivity index (χ3n) is 2.74. The third kappa shape index (κ3) is 3.23. The quantitative estimate of drug-likeness (QED) is 0.675. The molecule has 0 aliphatic heterocycles. The van der Waals surface area contributed by atoms with Crippen LogP contribution in [0, 0.1) is 10.1 Å². The minimum absolute atomic E-state index is 0.0178. The average molecular weight is 281 g/mol. The van der Waals surface area contributed by atoms with Gasteiger partial charge in [0.25, 0.3) is 5.69 Å². The fourth-order valence-electron chi connectivity index (χ4n) is 1.76. The van der Waals surface area contributed by atoms with Gasteiger partial charge in [0.15, 0.2) is 0 Å². The van der Waals surface area contributed by atoms with Crippen LogP contribution in [0.2, 0.25) is 5.02 Å². The van der Waals surface area contributed by atoms with Crippen molar-refractivity contribution >= 4 is 23.0 Å². The van der Waals surface area contributed by atoms with Crippen LogP contribution in [0.25, 0.3) is 0 Å². The molecule has 1 aromatic carbocycles. The highest BCUT2D eigenvalue weighted by atomic mass is 35.5. The van der Waals surface area contributed by atoms with Crippen molar-refractivity contribution in [1.29, 1.82) is 0 Å². The summed E-state index contributed by atoms with van der Waals surface area (Å²) in [6.07, 6.45) is 4.25. The Kier molecular flexibility index (Phi) is 4.01.